The molecule has 0 heterocycles. The molecule has 0 fully saturated rings. The van der Waals surface area contributed by atoms with E-state index in [0.717, 1.165) is 49.9 Å². The number of aliphatic imine (C=N–C) groups is 2. The molecule has 0 N–H and O–H groups in total. The van der Waals surface area contributed by atoms with E-state index in [4.69, 9.17) is 9.98 Å². The molecule has 0 unspecified atom stereocenters. The molecule has 228 valence electrons. The molecule has 0 saturated heterocycles. The first-order valence-corrected chi connectivity index (χ1v) is 17.5. The third kappa shape index (κ3) is 13.1. The number of hydrogen-bond donors (Lipinski definition) is 0. The van der Waals surface area contributed by atoms with Gasteiger partial charge in [-0.2, -0.15) is 0 Å². The van der Waals surface area contributed by atoms with Crippen LogP contribution in [0.4, 0.5) is 11.4 Å². The zero-order valence-corrected chi connectivity index (χ0v) is 27.8. The number of benzene rings is 2. The second-order valence-corrected chi connectivity index (χ2v) is 12.0. The predicted molar refractivity (Wildman–Crippen MR) is 185 cm³/mol. The molecule has 2 rings (SSSR count). The minimum absolute atomic E-state index is 1.01. The summed E-state index contributed by atoms with van der Waals surface area (Å²) in [4.78, 5) is 10.8. The Morgan fingerprint density at radius 1 is 0.415 bits per heavy atom. The number of hydrogen-bond acceptors (Lipinski definition) is 2. The lowest BCUT2D eigenvalue weighted by atomic mass is 9.97. The van der Waals surface area contributed by atoms with Gasteiger partial charge in [0.1, 0.15) is 0 Å². The first-order chi connectivity index (χ1) is 20.1. The molecule has 2 aromatic rings. The molecule has 0 saturated carbocycles. The van der Waals surface area contributed by atoms with E-state index >= 15 is 0 Å². The molecule has 0 atom stereocenters. The minimum atomic E-state index is 1.01. The van der Waals surface area contributed by atoms with Crippen LogP contribution in [0.25, 0.3) is 0 Å². The molecule has 2 aromatic carbocycles. The summed E-state index contributed by atoms with van der Waals surface area (Å²) in [6, 6.07) is 13.9. The Morgan fingerprint density at radius 3 is 1.22 bits per heavy atom. The van der Waals surface area contributed by atoms with Crippen molar-refractivity contribution in [1.82, 2.24) is 0 Å². The van der Waals surface area contributed by atoms with E-state index in [1.165, 1.54) is 117 Å². The van der Waals surface area contributed by atoms with Gasteiger partial charge in [-0.1, -0.05) is 124 Å². The van der Waals surface area contributed by atoms with Crippen molar-refractivity contribution >= 4 is 22.8 Å². The van der Waals surface area contributed by atoms with Crippen LogP contribution < -0.4 is 0 Å². The summed E-state index contributed by atoms with van der Waals surface area (Å²) in [6.07, 6.45) is 22.8. The Labute approximate surface area is 254 Å². The highest BCUT2D eigenvalue weighted by atomic mass is 14.8. The third-order valence-electron chi connectivity index (χ3n) is 8.10. The molecular formula is C39H62N2. The Hall–Kier alpha value is -2.22. The quantitative estimate of drug-likeness (QED) is 0.101. The predicted octanol–water partition coefficient (Wildman–Crippen LogP) is 12.7. The molecule has 0 amide bonds. The molecule has 2 nitrogen and oxygen atoms in total. The van der Waals surface area contributed by atoms with E-state index < -0.39 is 0 Å². The van der Waals surface area contributed by atoms with Crippen molar-refractivity contribution in [3.05, 3.63) is 58.7 Å². The van der Waals surface area contributed by atoms with Gasteiger partial charge >= 0.3 is 0 Å². The van der Waals surface area contributed by atoms with Gasteiger partial charge in [-0.3, -0.25) is 9.98 Å². The normalized spacial score (nSPS) is 12.3. The summed E-state index contributed by atoms with van der Waals surface area (Å²) in [5.41, 5.74) is 10.6. The monoisotopic (exact) mass is 558 g/mol. The molecule has 0 aliphatic carbocycles. The Kier molecular flexibility index (Phi) is 18.3. The molecule has 0 spiro atoms. The van der Waals surface area contributed by atoms with Gasteiger partial charge in [-0.25, -0.2) is 0 Å². The Balaban J connectivity index is 2.52. The van der Waals surface area contributed by atoms with Crippen LogP contribution >= 0.6 is 0 Å². The molecule has 0 bridgehead atoms. The minimum Gasteiger partial charge on any atom is -0.252 e. The van der Waals surface area contributed by atoms with E-state index in [9.17, 15) is 0 Å². The van der Waals surface area contributed by atoms with Crippen molar-refractivity contribution in [2.24, 2.45) is 9.98 Å². The summed E-state index contributed by atoms with van der Waals surface area (Å²) in [5, 5.41) is 0. The highest BCUT2D eigenvalue weighted by molar-refractivity contribution is 6.43. The largest absolute Gasteiger partial charge is 0.252 e. The summed E-state index contributed by atoms with van der Waals surface area (Å²) in [5.74, 6) is 0. The fraction of sp³-hybridized carbons (Fsp3) is 0.641. The number of unbranched alkanes of at least 4 members (excludes halogenated alkanes) is 7. The lowest BCUT2D eigenvalue weighted by Crippen LogP contribution is -2.14. The van der Waals surface area contributed by atoms with Crippen LogP contribution in [0.2, 0.25) is 0 Å². The molecule has 0 aliphatic rings. The lowest BCUT2D eigenvalue weighted by molar-refractivity contribution is 0.616. The second-order valence-electron chi connectivity index (χ2n) is 12.0. The van der Waals surface area contributed by atoms with Crippen LogP contribution in [0, 0.1) is 0 Å². The van der Waals surface area contributed by atoms with Crippen LogP contribution in [0.1, 0.15) is 160 Å². The van der Waals surface area contributed by atoms with E-state index in [1.807, 2.05) is 0 Å². The summed E-state index contributed by atoms with van der Waals surface area (Å²) in [7, 11) is 0. The molecule has 0 aromatic heterocycles. The Morgan fingerprint density at radius 2 is 0.780 bits per heavy atom. The van der Waals surface area contributed by atoms with Crippen molar-refractivity contribution in [3.8, 4) is 0 Å². The van der Waals surface area contributed by atoms with Gasteiger partial charge in [0, 0.05) is 0 Å². The highest BCUT2D eigenvalue weighted by Gasteiger charge is 2.13. The zero-order valence-electron chi connectivity index (χ0n) is 27.8. The second kappa shape index (κ2) is 21.5. The molecule has 41 heavy (non-hydrogen) atoms. The standard InChI is InChI=1S/C39H62N2/c1-7-13-15-16-17-19-25-39(41-37-29-27-33(21-10-4)35(31-37)23-12-6)38(24-18-14-8-2)40-36-28-26-32(20-9-3)34(30-36)22-11-5/h26-31H,7-25H2,1-6H3. The van der Waals surface area contributed by atoms with Crippen molar-refractivity contribution in [2.45, 2.75) is 164 Å². The molecule has 2 heteroatoms. The number of rotatable bonds is 22. The maximum atomic E-state index is 5.40. The van der Waals surface area contributed by atoms with E-state index in [-0.39, 0.29) is 0 Å². The summed E-state index contributed by atoms with van der Waals surface area (Å²) in [6.45, 7) is 13.7. The first-order valence-electron chi connectivity index (χ1n) is 17.5. The fourth-order valence-electron chi connectivity index (χ4n) is 5.85. The Bertz CT molecular complexity index is 1050. The van der Waals surface area contributed by atoms with Crippen molar-refractivity contribution in [3.63, 3.8) is 0 Å². The van der Waals surface area contributed by atoms with Gasteiger partial charge in [0.05, 0.1) is 22.8 Å². The maximum absolute atomic E-state index is 5.40. The van der Waals surface area contributed by atoms with Crippen molar-refractivity contribution in [1.29, 1.82) is 0 Å². The SMILES string of the molecule is CCCCCCCCC(=Nc1ccc(CCC)c(CCC)c1)C(CCCCC)=Nc1ccc(CCC)c(CCC)c1. The van der Waals surface area contributed by atoms with Gasteiger partial charge in [0.2, 0.25) is 0 Å². The van der Waals surface area contributed by atoms with Crippen molar-refractivity contribution < 1.29 is 0 Å². The highest BCUT2D eigenvalue weighted by Crippen LogP contribution is 2.26. The van der Waals surface area contributed by atoms with Crippen LogP contribution in [0.15, 0.2) is 46.4 Å². The van der Waals surface area contributed by atoms with Crippen molar-refractivity contribution in [2.75, 3.05) is 0 Å². The van der Waals surface area contributed by atoms with Crippen LogP contribution in [0.3, 0.4) is 0 Å². The smallest absolute Gasteiger partial charge is 0.0636 e. The molecule has 0 radical (unpaired) electrons. The first kappa shape index (κ1) is 35.0. The van der Waals surface area contributed by atoms with Gasteiger partial charge in [0.25, 0.3) is 0 Å². The summed E-state index contributed by atoms with van der Waals surface area (Å²) < 4.78 is 0. The average Bonchev–Trinajstić information content (AvgIpc) is 2.97. The third-order valence-corrected chi connectivity index (χ3v) is 8.10. The lowest BCUT2D eigenvalue weighted by Gasteiger charge is -2.14. The van der Waals surface area contributed by atoms with Gasteiger partial charge in [-0.05, 0) is 97.9 Å². The van der Waals surface area contributed by atoms with E-state index in [0.29, 0.717) is 0 Å². The molecular weight excluding hydrogens is 496 g/mol. The average molecular weight is 559 g/mol. The zero-order chi connectivity index (χ0) is 29.7. The van der Waals surface area contributed by atoms with Gasteiger partial charge in [0.15, 0.2) is 0 Å². The van der Waals surface area contributed by atoms with E-state index in [1.54, 1.807) is 0 Å². The van der Waals surface area contributed by atoms with Crippen LogP contribution in [-0.2, 0) is 25.7 Å². The number of nitrogens with zero attached hydrogens (tertiary/aromatic N) is 2. The summed E-state index contributed by atoms with van der Waals surface area (Å²) >= 11 is 0. The van der Waals surface area contributed by atoms with E-state index in [2.05, 4.69) is 77.9 Å². The fourth-order valence-corrected chi connectivity index (χ4v) is 5.85. The number of aryl methyl sites for hydroxylation is 4. The van der Waals surface area contributed by atoms with Gasteiger partial charge in [-0.15, -0.1) is 0 Å². The van der Waals surface area contributed by atoms with Crippen LogP contribution in [0.5, 0.6) is 0 Å². The topological polar surface area (TPSA) is 24.7 Å². The maximum Gasteiger partial charge on any atom is 0.0636 e. The van der Waals surface area contributed by atoms with Gasteiger partial charge < -0.3 is 0 Å². The molecule has 0 aliphatic heterocycles. The van der Waals surface area contributed by atoms with Crippen LogP contribution in [-0.4, -0.2) is 11.4 Å².